The molecule has 3 atom stereocenters. The summed E-state index contributed by atoms with van der Waals surface area (Å²) in [7, 11) is 0. The van der Waals surface area contributed by atoms with Gasteiger partial charge in [-0.05, 0) is 13.8 Å². The Labute approximate surface area is 101 Å². The highest BCUT2D eigenvalue weighted by Crippen LogP contribution is 2.30. The molecule has 1 fully saturated rings. The number of imide groups is 1. The van der Waals surface area contributed by atoms with Crippen molar-refractivity contribution in [2.75, 3.05) is 12.3 Å². The fourth-order valence-corrected chi connectivity index (χ4v) is 2.52. The van der Waals surface area contributed by atoms with Crippen molar-refractivity contribution in [1.82, 2.24) is 5.48 Å². The molecule has 0 aromatic rings. The molecule has 0 aromatic heterocycles. The number of thiol groups is 1. The van der Waals surface area contributed by atoms with E-state index in [2.05, 4.69) is 12.6 Å². The van der Waals surface area contributed by atoms with E-state index >= 15 is 0 Å². The summed E-state index contributed by atoms with van der Waals surface area (Å²) < 4.78 is -0.293. The zero-order valence-electron chi connectivity index (χ0n) is 9.64. The van der Waals surface area contributed by atoms with Crippen LogP contribution < -0.4 is 5.48 Å². The first-order valence-electron chi connectivity index (χ1n) is 5.48. The van der Waals surface area contributed by atoms with E-state index in [-0.39, 0.29) is 22.3 Å². The number of nitrogens with zero attached hydrogens (tertiary/aromatic N) is 1. The zero-order valence-corrected chi connectivity index (χ0v) is 10.5. The second-order valence-electron chi connectivity index (χ2n) is 4.42. The molecule has 6 heteroatoms. The van der Waals surface area contributed by atoms with Crippen LogP contribution in [0.15, 0.2) is 0 Å². The van der Waals surface area contributed by atoms with Crippen molar-refractivity contribution in [3.63, 3.8) is 0 Å². The third-order valence-corrected chi connectivity index (χ3v) is 3.98. The molecule has 92 valence electrons. The predicted molar refractivity (Wildman–Crippen MR) is 62.2 cm³/mol. The standard InChI is InChI=1S/C10H18N2O3S/c1-7(6-16)9(13)12(10(14)11-15)5-3-4-8(12)2/h7-8H,3-6H2,1-2H3,(H2-,11,14,15,16)/p+1/t7?,8?,12-/m0/s1. The summed E-state index contributed by atoms with van der Waals surface area (Å²) in [6, 6.07) is -0.703. The largest absolute Gasteiger partial charge is 0.447 e. The van der Waals surface area contributed by atoms with Crippen molar-refractivity contribution >= 4 is 24.6 Å². The molecule has 3 amide bonds. The monoisotopic (exact) mass is 247 g/mol. The van der Waals surface area contributed by atoms with Gasteiger partial charge in [0.05, 0.1) is 12.5 Å². The van der Waals surface area contributed by atoms with Gasteiger partial charge in [0.2, 0.25) is 0 Å². The lowest BCUT2D eigenvalue weighted by molar-refractivity contribution is -0.788. The molecule has 0 aromatic carbocycles. The average Bonchev–Trinajstić information content (AvgIpc) is 2.69. The van der Waals surface area contributed by atoms with Gasteiger partial charge in [0.1, 0.15) is 6.04 Å². The van der Waals surface area contributed by atoms with E-state index in [1.54, 1.807) is 12.4 Å². The molecule has 2 unspecified atom stereocenters. The number of nitrogens with one attached hydrogen (secondary N) is 1. The second-order valence-corrected chi connectivity index (χ2v) is 4.79. The van der Waals surface area contributed by atoms with Crippen molar-refractivity contribution in [2.24, 2.45) is 5.92 Å². The van der Waals surface area contributed by atoms with Crippen LogP contribution in [0, 0.1) is 5.92 Å². The van der Waals surface area contributed by atoms with Gasteiger partial charge in [-0.1, -0.05) is 0 Å². The van der Waals surface area contributed by atoms with Crippen LogP contribution in [0.1, 0.15) is 26.7 Å². The summed E-state index contributed by atoms with van der Waals surface area (Å²) in [5, 5.41) is 8.80. The fourth-order valence-electron chi connectivity index (χ4n) is 2.37. The van der Waals surface area contributed by atoms with Crippen molar-refractivity contribution in [1.29, 1.82) is 0 Å². The third-order valence-electron chi connectivity index (χ3n) is 3.43. The molecule has 1 rings (SSSR count). The highest BCUT2D eigenvalue weighted by atomic mass is 32.1. The highest BCUT2D eigenvalue weighted by molar-refractivity contribution is 7.80. The van der Waals surface area contributed by atoms with Crippen LogP contribution in [-0.4, -0.2) is 40.0 Å². The molecule has 0 bridgehead atoms. The van der Waals surface area contributed by atoms with E-state index in [4.69, 9.17) is 5.21 Å². The van der Waals surface area contributed by atoms with Crippen LogP contribution in [0.5, 0.6) is 0 Å². The Balaban J connectivity index is 3.05. The molecule has 1 heterocycles. The topological polar surface area (TPSA) is 66.4 Å². The van der Waals surface area contributed by atoms with Gasteiger partial charge in [-0.25, -0.2) is 9.59 Å². The summed E-state index contributed by atoms with van der Waals surface area (Å²) >= 11 is 4.09. The van der Waals surface area contributed by atoms with Gasteiger partial charge >= 0.3 is 11.9 Å². The van der Waals surface area contributed by atoms with Crippen molar-refractivity contribution in [2.45, 2.75) is 32.7 Å². The number of carbonyl (C=O) groups is 2. The average molecular weight is 247 g/mol. The normalized spacial score (nSPS) is 31.1. The molecular weight excluding hydrogens is 228 g/mol. The number of amides is 3. The predicted octanol–water partition coefficient (Wildman–Crippen LogP) is 1.18. The van der Waals surface area contributed by atoms with E-state index in [9.17, 15) is 9.59 Å². The minimum atomic E-state index is -0.622. The smallest absolute Gasteiger partial charge is 0.284 e. The molecule has 1 aliphatic rings. The van der Waals surface area contributed by atoms with Gasteiger partial charge in [0.15, 0.2) is 0 Å². The van der Waals surface area contributed by atoms with E-state index in [0.717, 1.165) is 12.8 Å². The van der Waals surface area contributed by atoms with Crippen molar-refractivity contribution in [3.05, 3.63) is 0 Å². The number of carbonyl (C=O) groups excluding carboxylic acids is 2. The molecule has 0 aliphatic carbocycles. The fraction of sp³-hybridized carbons (Fsp3) is 0.800. The van der Waals surface area contributed by atoms with E-state index in [1.165, 1.54) is 0 Å². The zero-order chi connectivity index (χ0) is 12.3. The van der Waals surface area contributed by atoms with E-state index in [1.807, 2.05) is 6.92 Å². The minimum Gasteiger partial charge on any atom is -0.284 e. The van der Waals surface area contributed by atoms with Gasteiger partial charge in [-0.15, -0.1) is 0 Å². The number of urea groups is 1. The van der Waals surface area contributed by atoms with Gasteiger partial charge < -0.3 is 0 Å². The maximum atomic E-state index is 12.3. The molecule has 0 saturated carbocycles. The number of hydrogen-bond acceptors (Lipinski definition) is 4. The van der Waals surface area contributed by atoms with Gasteiger partial charge in [-0.2, -0.15) is 22.6 Å². The van der Waals surface area contributed by atoms with Crippen molar-refractivity contribution in [3.8, 4) is 0 Å². The number of likely N-dealkylation sites (tertiary alicyclic amines) is 1. The first-order valence-corrected chi connectivity index (χ1v) is 6.11. The Bertz CT molecular complexity index is 298. The van der Waals surface area contributed by atoms with Gasteiger partial charge in [-0.3, -0.25) is 5.21 Å². The first kappa shape index (κ1) is 13.5. The Hall–Kier alpha value is -0.590. The summed E-state index contributed by atoms with van der Waals surface area (Å²) in [5.74, 6) is -0.0442. The maximum absolute atomic E-state index is 12.3. The minimum absolute atomic E-state index is 0.0815. The number of hydrogen-bond donors (Lipinski definition) is 3. The Kier molecular flexibility index (Phi) is 4.35. The molecule has 2 N–H and O–H groups in total. The summed E-state index contributed by atoms with van der Waals surface area (Å²) in [6.07, 6.45) is 1.64. The van der Waals surface area contributed by atoms with Crippen LogP contribution >= 0.6 is 12.6 Å². The molecule has 1 aliphatic heterocycles. The van der Waals surface area contributed by atoms with Crippen LogP contribution in [0.2, 0.25) is 0 Å². The summed E-state index contributed by atoms with van der Waals surface area (Å²) in [5.41, 5.74) is 1.63. The van der Waals surface area contributed by atoms with Crippen LogP contribution in [0.4, 0.5) is 4.79 Å². The molecule has 1 saturated heterocycles. The highest BCUT2D eigenvalue weighted by Gasteiger charge is 2.53. The molecule has 0 spiro atoms. The summed E-state index contributed by atoms with van der Waals surface area (Å²) in [4.78, 5) is 24.0. The number of rotatable bonds is 2. The first-order chi connectivity index (χ1) is 7.50. The van der Waals surface area contributed by atoms with Crippen molar-refractivity contribution < 1.29 is 19.3 Å². The quantitative estimate of drug-likeness (QED) is 0.297. The lowest BCUT2D eigenvalue weighted by Crippen LogP contribution is -2.63. The van der Waals surface area contributed by atoms with Gasteiger partial charge in [0.25, 0.3) is 0 Å². The lowest BCUT2D eigenvalue weighted by Gasteiger charge is -2.33. The maximum Gasteiger partial charge on any atom is 0.447 e. The molecule has 0 radical (unpaired) electrons. The number of hydroxylamine groups is 1. The van der Waals surface area contributed by atoms with E-state index < -0.39 is 6.03 Å². The molecule has 16 heavy (non-hydrogen) atoms. The molecule has 5 nitrogen and oxygen atoms in total. The van der Waals surface area contributed by atoms with E-state index in [0.29, 0.717) is 12.3 Å². The van der Waals surface area contributed by atoms with Crippen LogP contribution in [-0.2, 0) is 4.79 Å². The second kappa shape index (κ2) is 5.16. The lowest BCUT2D eigenvalue weighted by atomic mass is 10.1. The Morgan fingerprint density at radius 3 is 2.62 bits per heavy atom. The Morgan fingerprint density at radius 2 is 2.25 bits per heavy atom. The number of quaternary nitrogens is 1. The Morgan fingerprint density at radius 1 is 1.62 bits per heavy atom. The van der Waals surface area contributed by atoms with Gasteiger partial charge in [0, 0.05) is 18.6 Å². The third kappa shape index (κ3) is 1.97. The van der Waals surface area contributed by atoms with Crippen LogP contribution in [0.25, 0.3) is 0 Å². The molecular formula is C10H19N2O3S+. The SMILES string of the molecule is CC(CS)C(=O)[N@+]1(C(=O)NO)CCCC1C. The van der Waals surface area contributed by atoms with Crippen LogP contribution in [0.3, 0.4) is 0 Å². The summed E-state index contributed by atoms with van der Waals surface area (Å²) in [6.45, 7) is 4.08.